The van der Waals surface area contributed by atoms with Gasteiger partial charge in [-0.15, -0.1) is 0 Å². The van der Waals surface area contributed by atoms with E-state index >= 15 is 0 Å². The van der Waals surface area contributed by atoms with Crippen LogP contribution in [0.25, 0.3) is 0 Å². The number of carbonyl (C=O) groups is 1. The molecule has 6 heteroatoms. The third kappa shape index (κ3) is 3.75. The Balaban J connectivity index is 1.63. The second kappa shape index (κ2) is 7.30. The van der Waals surface area contributed by atoms with Crippen LogP contribution in [-0.2, 0) is 0 Å². The minimum Gasteiger partial charge on any atom is -0.486 e. The first-order valence-electron chi connectivity index (χ1n) is 8.70. The highest BCUT2D eigenvalue weighted by atomic mass is 16.6. The molecular formula is C18H26N2O4. The van der Waals surface area contributed by atoms with Crippen LogP contribution in [0.5, 0.6) is 11.5 Å². The molecule has 1 heterocycles. The minimum atomic E-state index is -0.599. The van der Waals surface area contributed by atoms with Gasteiger partial charge in [0, 0.05) is 11.8 Å². The molecule has 0 spiro atoms. The van der Waals surface area contributed by atoms with E-state index in [1.54, 1.807) is 18.2 Å². The average Bonchev–Trinajstić information content (AvgIpc) is 2.62. The maximum Gasteiger partial charge on any atom is 0.319 e. The molecule has 1 fully saturated rings. The quantitative estimate of drug-likeness (QED) is 0.791. The van der Waals surface area contributed by atoms with Crippen molar-refractivity contribution >= 4 is 11.7 Å². The van der Waals surface area contributed by atoms with Crippen molar-refractivity contribution in [2.75, 3.05) is 25.1 Å². The van der Waals surface area contributed by atoms with E-state index in [0.29, 0.717) is 36.3 Å². The molecule has 1 aromatic carbocycles. The Morgan fingerprint density at radius 2 is 1.92 bits per heavy atom. The number of rotatable bonds is 4. The van der Waals surface area contributed by atoms with Gasteiger partial charge in [0.1, 0.15) is 13.2 Å². The van der Waals surface area contributed by atoms with E-state index in [1.165, 1.54) is 6.42 Å². The molecule has 0 aromatic heterocycles. The Hall–Kier alpha value is -1.95. The molecule has 0 bridgehead atoms. The summed E-state index contributed by atoms with van der Waals surface area (Å²) in [7, 11) is 0. The molecule has 1 aliphatic heterocycles. The number of aliphatic hydroxyl groups excluding tert-OH is 1. The van der Waals surface area contributed by atoms with Gasteiger partial charge >= 0.3 is 6.03 Å². The highest BCUT2D eigenvalue weighted by Gasteiger charge is 2.35. The molecule has 132 valence electrons. The number of amides is 2. The zero-order valence-corrected chi connectivity index (χ0v) is 14.1. The highest BCUT2D eigenvalue weighted by molar-refractivity contribution is 5.90. The number of hydrogen-bond donors (Lipinski definition) is 3. The summed E-state index contributed by atoms with van der Waals surface area (Å²) in [5, 5.41) is 15.6. The van der Waals surface area contributed by atoms with Crippen LogP contribution in [0.2, 0.25) is 0 Å². The molecule has 1 unspecified atom stereocenters. The maximum atomic E-state index is 12.4. The van der Waals surface area contributed by atoms with E-state index in [9.17, 15) is 9.90 Å². The third-order valence-corrected chi connectivity index (χ3v) is 5.03. The van der Waals surface area contributed by atoms with Crippen LogP contribution in [0.4, 0.5) is 10.5 Å². The summed E-state index contributed by atoms with van der Waals surface area (Å²) < 4.78 is 11.0. The lowest BCUT2D eigenvalue weighted by Crippen LogP contribution is -2.55. The van der Waals surface area contributed by atoms with Crippen molar-refractivity contribution in [1.82, 2.24) is 5.32 Å². The summed E-state index contributed by atoms with van der Waals surface area (Å²) >= 11 is 0. The van der Waals surface area contributed by atoms with Gasteiger partial charge in [0.25, 0.3) is 0 Å². The van der Waals surface area contributed by atoms with E-state index in [4.69, 9.17) is 9.47 Å². The highest BCUT2D eigenvalue weighted by Crippen LogP contribution is 2.34. The molecule has 3 N–H and O–H groups in total. The van der Waals surface area contributed by atoms with Crippen LogP contribution in [0.1, 0.15) is 39.0 Å². The summed E-state index contributed by atoms with van der Waals surface area (Å²) in [6.45, 7) is 2.90. The van der Waals surface area contributed by atoms with Crippen molar-refractivity contribution in [2.45, 2.75) is 44.6 Å². The molecule has 1 aromatic rings. The molecule has 3 rings (SSSR count). The lowest BCUT2D eigenvalue weighted by atomic mass is 9.76. The lowest BCUT2D eigenvalue weighted by molar-refractivity contribution is 0.103. The zero-order valence-electron chi connectivity index (χ0n) is 14.1. The second-order valence-corrected chi connectivity index (χ2v) is 6.85. The van der Waals surface area contributed by atoms with Gasteiger partial charge in [0.15, 0.2) is 11.5 Å². The van der Waals surface area contributed by atoms with E-state index < -0.39 is 5.54 Å². The Labute approximate surface area is 142 Å². The summed E-state index contributed by atoms with van der Waals surface area (Å²) in [5.74, 6) is 1.63. The molecule has 24 heavy (non-hydrogen) atoms. The number of anilines is 1. The molecule has 0 radical (unpaired) electrons. The number of aliphatic hydroxyl groups is 1. The number of nitrogens with one attached hydrogen (secondary N) is 2. The fraction of sp³-hybridized carbons (Fsp3) is 0.611. The van der Waals surface area contributed by atoms with E-state index in [-0.39, 0.29) is 12.6 Å². The number of hydrogen-bond acceptors (Lipinski definition) is 4. The van der Waals surface area contributed by atoms with Crippen LogP contribution in [0, 0.1) is 5.92 Å². The summed E-state index contributed by atoms with van der Waals surface area (Å²) in [4.78, 5) is 12.4. The van der Waals surface area contributed by atoms with Crippen LogP contribution in [0.15, 0.2) is 18.2 Å². The van der Waals surface area contributed by atoms with Gasteiger partial charge in [-0.05, 0) is 37.8 Å². The first-order chi connectivity index (χ1) is 11.6. The monoisotopic (exact) mass is 334 g/mol. The SMILES string of the molecule is CC(CO)(NC(=O)Nc1ccc2c(c1)OCCO2)C1CCCCC1. The molecule has 0 saturated heterocycles. The number of benzene rings is 1. The second-order valence-electron chi connectivity index (χ2n) is 6.85. The standard InChI is InChI=1S/C18H26N2O4/c1-18(12-21,13-5-3-2-4-6-13)20-17(22)19-14-7-8-15-16(11-14)24-10-9-23-15/h7-8,11,13,21H,2-6,9-10,12H2,1H3,(H2,19,20,22). The van der Waals surface area contributed by atoms with Crippen molar-refractivity contribution in [3.8, 4) is 11.5 Å². The largest absolute Gasteiger partial charge is 0.486 e. The van der Waals surface area contributed by atoms with E-state index in [1.807, 2.05) is 6.92 Å². The van der Waals surface area contributed by atoms with Crippen LogP contribution in [0.3, 0.4) is 0 Å². The number of ether oxygens (including phenoxy) is 2. The van der Waals surface area contributed by atoms with Crippen LogP contribution >= 0.6 is 0 Å². The van der Waals surface area contributed by atoms with Gasteiger partial charge in [0.05, 0.1) is 12.1 Å². The zero-order chi connectivity index (χ0) is 17.0. The van der Waals surface area contributed by atoms with E-state index in [2.05, 4.69) is 10.6 Å². The molecule has 6 nitrogen and oxygen atoms in total. The Bertz CT molecular complexity index is 586. The van der Waals surface area contributed by atoms with Crippen molar-refractivity contribution < 1.29 is 19.4 Å². The van der Waals surface area contributed by atoms with Gasteiger partial charge in [-0.2, -0.15) is 0 Å². The van der Waals surface area contributed by atoms with Gasteiger partial charge in [0.2, 0.25) is 0 Å². The lowest BCUT2D eigenvalue weighted by Gasteiger charge is -2.39. The molecule has 1 atom stereocenters. The maximum absolute atomic E-state index is 12.4. The normalized spacial score (nSPS) is 20.1. The van der Waals surface area contributed by atoms with E-state index in [0.717, 1.165) is 25.7 Å². The average molecular weight is 334 g/mol. The molecular weight excluding hydrogens is 308 g/mol. The first kappa shape index (κ1) is 16.9. The van der Waals surface area contributed by atoms with Crippen LogP contribution < -0.4 is 20.1 Å². The summed E-state index contributed by atoms with van der Waals surface area (Å²) in [6, 6.07) is 5.01. The number of carbonyl (C=O) groups excluding carboxylic acids is 1. The van der Waals surface area contributed by atoms with Crippen molar-refractivity contribution in [3.63, 3.8) is 0 Å². The fourth-order valence-electron chi connectivity index (χ4n) is 3.55. The molecule has 2 aliphatic rings. The summed E-state index contributed by atoms with van der Waals surface area (Å²) in [6.07, 6.45) is 5.64. The molecule has 1 aliphatic carbocycles. The first-order valence-corrected chi connectivity index (χ1v) is 8.70. The Morgan fingerprint density at radius 3 is 2.62 bits per heavy atom. The summed E-state index contributed by atoms with van der Waals surface area (Å²) in [5.41, 5.74) is 0.0406. The van der Waals surface area contributed by atoms with Crippen molar-refractivity contribution in [3.05, 3.63) is 18.2 Å². The third-order valence-electron chi connectivity index (χ3n) is 5.03. The predicted molar refractivity (Wildman–Crippen MR) is 91.7 cm³/mol. The van der Waals surface area contributed by atoms with Crippen molar-refractivity contribution in [1.29, 1.82) is 0 Å². The minimum absolute atomic E-state index is 0.0633. The smallest absolute Gasteiger partial charge is 0.319 e. The fourth-order valence-corrected chi connectivity index (χ4v) is 3.55. The number of urea groups is 1. The van der Waals surface area contributed by atoms with Crippen molar-refractivity contribution in [2.24, 2.45) is 5.92 Å². The Morgan fingerprint density at radius 1 is 1.21 bits per heavy atom. The topological polar surface area (TPSA) is 79.8 Å². The molecule has 2 amide bonds. The Kier molecular flexibility index (Phi) is 5.14. The molecule has 1 saturated carbocycles. The van der Waals surface area contributed by atoms with Crippen LogP contribution in [-0.4, -0.2) is 36.5 Å². The van der Waals surface area contributed by atoms with Gasteiger partial charge in [-0.1, -0.05) is 19.3 Å². The number of fused-ring (bicyclic) bond motifs is 1. The van der Waals surface area contributed by atoms with Gasteiger partial charge < -0.3 is 25.2 Å². The van der Waals surface area contributed by atoms with Gasteiger partial charge in [-0.25, -0.2) is 4.79 Å². The predicted octanol–water partition coefficient (Wildman–Crippen LogP) is 2.91. The van der Waals surface area contributed by atoms with Gasteiger partial charge in [-0.3, -0.25) is 0 Å².